The molecule has 0 spiro atoms. The van der Waals surface area contributed by atoms with Gasteiger partial charge in [-0.05, 0) is 33.9 Å². The van der Waals surface area contributed by atoms with Crippen LogP contribution < -0.4 is 4.68 Å². The average Bonchev–Trinajstić information content (AvgIpc) is 2.83. The number of hydrogen-bond donors (Lipinski definition) is 0. The van der Waals surface area contributed by atoms with Crippen molar-refractivity contribution in [3.05, 3.63) is 12.4 Å². The van der Waals surface area contributed by atoms with Gasteiger partial charge < -0.3 is 0 Å². The van der Waals surface area contributed by atoms with Crippen molar-refractivity contribution in [3.8, 4) is 11.4 Å². The Bertz CT molecular complexity index is 508. The van der Waals surface area contributed by atoms with Crippen molar-refractivity contribution in [3.63, 3.8) is 0 Å². The highest BCUT2D eigenvalue weighted by atomic mass is 15.5. The summed E-state index contributed by atoms with van der Waals surface area (Å²) in [4.78, 5) is 0. The second-order valence-corrected chi connectivity index (χ2v) is 4.69. The van der Waals surface area contributed by atoms with Crippen molar-refractivity contribution in [2.24, 2.45) is 7.05 Å². The molecule has 0 radical (unpaired) electrons. The number of hydrogen-bond acceptors (Lipinski definition) is 3. The highest BCUT2D eigenvalue weighted by molar-refractivity contribution is 5.49. The van der Waals surface area contributed by atoms with E-state index < -0.39 is 0 Å². The zero-order valence-corrected chi connectivity index (χ0v) is 10.9. The van der Waals surface area contributed by atoms with Gasteiger partial charge in [-0.2, -0.15) is 4.68 Å². The van der Waals surface area contributed by atoms with Gasteiger partial charge in [0.25, 0.3) is 0 Å². The molecular weight excluding hydrogens is 216 g/mol. The summed E-state index contributed by atoms with van der Waals surface area (Å²) in [7, 11) is 1.89. The predicted octanol–water partition coefficient (Wildman–Crippen LogP) is 0.928. The lowest BCUT2D eigenvalue weighted by atomic mass is 10.3. The molecule has 0 bridgehead atoms. The summed E-state index contributed by atoms with van der Waals surface area (Å²) in [6.07, 6.45) is 5.12. The first kappa shape index (κ1) is 11.8. The Balaban J connectivity index is 2.38. The predicted molar refractivity (Wildman–Crippen MR) is 62.0 cm³/mol. The molecule has 2 rings (SSSR count). The van der Waals surface area contributed by atoms with Crippen LogP contribution in [0, 0.1) is 6.20 Å². The summed E-state index contributed by atoms with van der Waals surface area (Å²) < 4.78 is 5.40. The lowest BCUT2D eigenvalue weighted by molar-refractivity contribution is -0.776. The SMILES string of the molecule is CC(C)n1cc(-c2[c-][n+](C(C)C)nn2C)nn1. The molecule has 2 heterocycles. The van der Waals surface area contributed by atoms with Crippen LogP contribution in [0.15, 0.2) is 6.20 Å². The lowest BCUT2D eigenvalue weighted by Crippen LogP contribution is -2.38. The van der Waals surface area contributed by atoms with E-state index in [-0.39, 0.29) is 6.04 Å². The molecule has 0 saturated heterocycles. The maximum absolute atomic E-state index is 4.34. The summed E-state index contributed by atoms with van der Waals surface area (Å²) in [5.74, 6) is 0. The van der Waals surface area contributed by atoms with Crippen molar-refractivity contribution in [1.29, 1.82) is 0 Å². The van der Waals surface area contributed by atoms with Crippen molar-refractivity contribution >= 4 is 0 Å². The molecule has 2 aromatic rings. The molecule has 0 aromatic carbocycles. The topological polar surface area (TPSA) is 52.4 Å². The molecule has 0 aliphatic heterocycles. The Morgan fingerprint density at radius 2 is 2.00 bits per heavy atom. The molecule has 0 aliphatic carbocycles. The Labute approximate surface area is 101 Å². The van der Waals surface area contributed by atoms with E-state index in [0.717, 1.165) is 11.4 Å². The van der Waals surface area contributed by atoms with E-state index in [9.17, 15) is 0 Å². The van der Waals surface area contributed by atoms with Crippen LogP contribution in [-0.4, -0.2) is 24.9 Å². The van der Waals surface area contributed by atoms with Gasteiger partial charge in [-0.25, -0.2) is 9.78 Å². The average molecular weight is 234 g/mol. The fourth-order valence-corrected chi connectivity index (χ4v) is 1.49. The Morgan fingerprint density at radius 3 is 2.47 bits per heavy atom. The molecule has 2 aromatic heterocycles. The van der Waals surface area contributed by atoms with E-state index >= 15 is 0 Å². The number of rotatable bonds is 3. The fraction of sp³-hybridized carbons (Fsp3) is 0.636. The maximum Gasteiger partial charge on any atom is 0.0995 e. The minimum absolute atomic E-state index is 0.287. The molecule has 0 atom stereocenters. The van der Waals surface area contributed by atoms with Crippen LogP contribution in [0.1, 0.15) is 39.8 Å². The van der Waals surface area contributed by atoms with Crippen molar-refractivity contribution in [1.82, 2.24) is 24.9 Å². The number of nitrogens with zero attached hydrogens (tertiary/aromatic N) is 6. The number of aryl methyl sites for hydroxylation is 1. The van der Waals surface area contributed by atoms with Crippen LogP contribution in [0.5, 0.6) is 0 Å². The monoisotopic (exact) mass is 234 g/mol. The van der Waals surface area contributed by atoms with Gasteiger partial charge in [0.2, 0.25) is 0 Å². The molecule has 0 amide bonds. The summed E-state index contributed by atoms with van der Waals surface area (Å²) in [5, 5.41) is 12.6. The van der Waals surface area contributed by atoms with Gasteiger partial charge in [0, 0.05) is 17.9 Å². The van der Waals surface area contributed by atoms with E-state index in [1.165, 1.54) is 0 Å². The molecule has 6 heteroatoms. The molecule has 17 heavy (non-hydrogen) atoms. The minimum Gasteiger partial charge on any atom is -0.269 e. The van der Waals surface area contributed by atoms with Gasteiger partial charge in [0.1, 0.15) is 0 Å². The maximum atomic E-state index is 4.34. The third-order valence-electron chi connectivity index (χ3n) is 2.55. The van der Waals surface area contributed by atoms with Gasteiger partial charge in [-0.1, -0.05) is 5.21 Å². The smallest absolute Gasteiger partial charge is 0.0995 e. The molecular formula is C11H18N6. The van der Waals surface area contributed by atoms with Crippen LogP contribution >= 0.6 is 0 Å². The molecule has 0 fully saturated rings. The van der Waals surface area contributed by atoms with E-state index in [0.29, 0.717) is 6.04 Å². The molecule has 0 saturated carbocycles. The van der Waals surface area contributed by atoms with E-state index in [1.807, 2.05) is 17.9 Å². The van der Waals surface area contributed by atoms with Crippen LogP contribution in [0.3, 0.4) is 0 Å². The zero-order valence-electron chi connectivity index (χ0n) is 10.9. The number of aromatic nitrogens is 6. The molecule has 0 unspecified atom stereocenters. The molecule has 6 nitrogen and oxygen atoms in total. The Kier molecular flexibility index (Phi) is 2.95. The van der Waals surface area contributed by atoms with E-state index in [1.54, 1.807) is 9.36 Å². The van der Waals surface area contributed by atoms with Gasteiger partial charge >= 0.3 is 0 Å². The quantitative estimate of drug-likeness (QED) is 0.586. The Hall–Kier alpha value is -1.72. The first-order valence-corrected chi connectivity index (χ1v) is 5.79. The third kappa shape index (κ3) is 2.20. The highest BCUT2D eigenvalue weighted by Crippen LogP contribution is 2.14. The standard InChI is InChI=1S/C11H18N6/c1-8(2)16-6-10(12-13-16)11-7-17(9(3)4)14-15(11)5/h6,8-9H,1-5H3. The van der Waals surface area contributed by atoms with Crippen molar-refractivity contribution < 1.29 is 4.68 Å². The van der Waals surface area contributed by atoms with Crippen LogP contribution in [0.25, 0.3) is 11.4 Å². The van der Waals surface area contributed by atoms with E-state index in [2.05, 4.69) is 49.4 Å². The Morgan fingerprint density at radius 1 is 1.29 bits per heavy atom. The molecule has 0 aliphatic rings. The summed E-state index contributed by atoms with van der Waals surface area (Å²) in [5.41, 5.74) is 1.65. The van der Waals surface area contributed by atoms with Crippen molar-refractivity contribution in [2.75, 3.05) is 0 Å². The third-order valence-corrected chi connectivity index (χ3v) is 2.55. The first-order valence-electron chi connectivity index (χ1n) is 5.79. The molecule has 0 N–H and O–H groups in total. The summed E-state index contributed by atoms with van der Waals surface area (Å²) in [6.45, 7) is 8.27. The van der Waals surface area contributed by atoms with Crippen LogP contribution in [0.4, 0.5) is 0 Å². The van der Waals surface area contributed by atoms with Crippen molar-refractivity contribution in [2.45, 2.75) is 39.8 Å². The minimum atomic E-state index is 0.287. The second kappa shape index (κ2) is 4.27. The van der Waals surface area contributed by atoms with Gasteiger partial charge in [-0.15, -0.1) is 0 Å². The fourth-order valence-electron chi connectivity index (χ4n) is 1.49. The largest absolute Gasteiger partial charge is 0.269 e. The lowest BCUT2D eigenvalue weighted by Gasteiger charge is -2.03. The van der Waals surface area contributed by atoms with Crippen LogP contribution in [0.2, 0.25) is 0 Å². The van der Waals surface area contributed by atoms with Gasteiger partial charge in [-0.3, -0.25) is 4.68 Å². The normalized spacial score (nSPS) is 11.7. The van der Waals surface area contributed by atoms with Crippen LogP contribution in [-0.2, 0) is 7.05 Å². The first-order chi connectivity index (χ1) is 7.99. The highest BCUT2D eigenvalue weighted by Gasteiger charge is 2.10. The molecule has 92 valence electrons. The summed E-state index contributed by atoms with van der Waals surface area (Å²) >= 11 is 0. The van der Waals surface area contributed by atoms with E-state index in [4.69, 9.17) is 0 Å². The summed E-state index contributed by atoms with van der Waals surface area (Å²) in [6, 6.07) is 0.594. The van der Waals surface area contributed by atoms with Gasteiger partial charge in [0.05, 0.1) is 24.0 Å². The van der Waals surface area contributed by atoms with Gasteiger partial charge in [0.15, 0.2) is 0 Å². The zero-order chi connectivity index (χ0) is 12.6. The second-order valence-electron chi connectivity index (χ2n) is 4.69.